The highest BCUT2D eigenvalue weighted by Crippen LogP contribution is 2.20. The van der Waals surface area contributed by atoms with Gasteiger partial charge in [0, 0.05) is 30.7 Å². The third-order valence-corrected chi connectivity index (χ3v) is 3.52. The third-order valence-electron chi connectivity index (χ3n) is 3.52. The molecular formula is C17H25N3O. The molecule has 0 spiro atoms. The number of nitrogens with two attached hydrogens (primary N) is 1. The first-order chi connectivity index (χ1) is 9.78. The predicted octanol–water partition coefficient (Wildman–Crippen LogP) is 2.54. The van der Waals surface area contributed by atoms with Crippen LogP contribution in [0.3, 0.4) is 0 Å². The van der Waals surface area contributed by atoms with Crippen molar-refractivity contribution in [1.82, 2.24) is 9.88 Å². The third kappa shape index (κ3) is 3.85. The van der Waals surface area contributed by atoms with E-state index in [1.807, 2.05) is 31.4 Å². The summed E-state index contributed by atoms with van der Waals surface area (Å²) in [4.78, 5) is 17.3. The van der Waals surface area contributed by atoms with Gasteiger partial charge in [-0.05, 0) is 23.5 Å². The maximum Gasteiger partial charge on any atom is 0.239 e. The summed E-state index contributed by atoms with van der Waals surface area (Å²) in [7, 11) is 1.82. The van der Waals surface area contributed by atoms with Crippen LogP contribution in [0.2, 0.25) is 0 Å². The molecule has 0 aliphatic carbocycles. The number of para-hydroxylation sites is 1. The van der Waals surface area contributed by atoms with Gasteiger partial charge >= 0.3 is 0 Å². The van der Waals surface area contributed by atoms with Crippen LogP contribution in [0.5, 0.6) is 0 Å². The maximum atomic E-state index is 12.4. The summed E-state index contributed by atoms with van der Waals surface area (Å²) in [6, 6.07) is 7.56. The van der Waals surface area contributed by atoms with Crippen molar-refractivity contribution in [3.05, 3.63) is 36.0 Å². The van der Waals surface area contributed by atoms with Crippen LogP contribution in [-0.2, 0) is 11.2 Å². The number of hydrogen-bond donors (Lipinski definition) is 2. The quantitative estimate of drug-likeness (QED) is 0.907. The van der Waals surface area contributed by atoms with Gasteiger partial charge in [0.05, 0.1) is 6.04 Å². The number of nitrogens with one attached hydrogen (secondary N) is 1. The van der Waals surface area contributed by atoms with Crippen LogP contribution in [0.4, 0.5) is 0 Å². The first kappa shape index (κ1) is 15.6. The van der Waals surface area contributed by atoms with Crippen LogP contribution in [0.25, 0.3) is 10.9 Å². The van der Waals surface area contributed by atoms with E-state index in [0.717, 1.165) is 16.5 Å². The molecule has 1 aromatic heterocycles. The molecule has 2 aromatic rings. The number of carbonyl (C=O) groups excluding carboxylic acids is 1. The Labute approximate surface area is 126 Å². The lowest BCUT2D eigenvalue weighted by atomic mass is 9.95. The van der Waals surface area contributed by atoms with Gasteiger partial charge in [-0.15, -0.1) is 0 Å². The number of aromatic amines is 1. The lowest BCUT2D eigenvalue weighted by Gasteiger charge is -2.28. The van der Waals surface area contributed by atoms with Gasteiger partial charge in [-0.2, -0.15) is 0 Å². The van der Waals surface area contributed by atoms with Crippen LogP contribution in [0.15, 0.2) is 30.5 Å². The molecule has 1 aromatic carbocycles. The molecule has 0 saturated heterocycles. The average Bonchev–Trinajstić information content (AvgIpc) is 2.79. The van der Waals surface area contributed by atoms with E-state index in [1.165, 1.54) is 0 Å². The molecule has 3 N–H and O–H groups in total. The molecule has 4 nitrogen and oxygen atoms in total. The summed E-state index contributed by atoms with van der Waals surface area (Å²) >= 11 is 0. The fraction of sp³-hybridized carbons (Fsp3) is 0.471. The molecule has 2 rings (SSSR count). The van der Waals surface area contributed by atoms with Gasteiger partial charge in [-0.25, -0.2) is 0 Å². The zero-order valence-corrected chi connectivity index (χ0v) is 13.3. The van der Waals surface area contributed by atoms with Crippen LogP contribution in [-0.4, -0.2) is 35.4 Å². The first-order valence-corrected chi connectivity index (χ1v) is 7.33. The van der Waals surface area contributed by atoms with Gasteiger partial charge in [-0.3, -0.25) is 4.79 Å². The monoisotopic (exact) mass is 287 g/mol. The summed E-state index contributed by atoms with van der Waals surface area (Å²) < 4.78 is 0. The number of benzene rings is 1. The standard InChI is InChI=1S/C17H25N3O/c1-17(2,3)11-20(4)16(21)14(18)9-12-10-19-15-8-6-5-7-13(12)15/h5-8,10,14,19H,9,11,18H2,1-4H3/t14-/m0/s1. The average molecular weight is 287 g/mol. The molecule has 0 radical (unpaired) electrons. The Morgan fingerprint density at radius 2 is 2.00 bits per heavy atom. The van der Waals surface area contributed by atoms with Crippen LogP contribution in [0.1, 0.15) is 26.3 Å². The Hall–Kier alpha value is -1.81. The normalized spacial score (nSPS) is 13.4. The van der Waals surface area contributed by atoms with E-state index in [-0.39, 0.29) is 11.3 Å². The molecule has 4 heteroatoms. The maximum absolute atomic E-state index is 12.4. The lowest BCUT2D eigenvalue weighted by molar-refractivity contribution is -0.132. The number of amides is 1. The molecule has 1 amide bonds. The molecule has 0 saturated carbocycles. The summed E-state index contributed by atoms with van der Waals surface area (Å²) in [5, 5.41) is 1.14. The number of carbonyl (C=O) groups is 1. The SMILES string of the molecule is CN(CC(C)(C)C)C(=O)[C@@H](N)Cc1c[nH]c2ccccc12. The van der Waals surface area contributed by atoms with Crippen molar-refractivity contribution in [2.75, 3.05) is 13.6 Å². The van der Waals surface area contributed by atoms with Gasteiger partial charge in [-0.1, -0.05) is 39.0 Å². The molecule has 21 heavy (non-hydrogen) atoms. The first-order valence-electron chi connectivity index (χ1n) is 7.33. The predicted molar refractivity (Wildman–Crippen MR) is 87.1 cm³/mol. The number of aromatic nitrogens is 1. The van der Waals surface area contributed by atoms with E-state index in [4.69, 9.17) is 5.73 Å². The van der Waals surface area contributed by atoms with Crippen molar-refractivity contribution >= 4 is 16.8 Å². The Kier molecular flexibility index (Phi) is 4.37. The summed E-state index contributed by atoms with van der Waals surface area (Å²) in [5.41, 5.74) is 8.36. The number of rotatable bonds is 4. The minimum atomic E-state index is -0.503. The Morgan fingerprint density at radius 1 is 1.33 bits per heavy atom. The van der Waals surface area contributed by atoms with Gasteiger partial charge < -0.3 is 15.6 Å². The van der Waals surface area contributed by atoms with E-state index in [0.29, 0.717) is 13.0 Å². The number of hydrogen-bond acceptors (Lipinski definition) is 2. The van der Waals surface area contributed by atoms with Crippen molar-refractivity contribution in [2.24, 2.45) is 11.1 Å². The smallest absolute Gasteiger partial charge is 0.239 e. The van der Waals surface area contributed by atoms with Crippen molar-refractivity contribution in [3.8, 4) is 0 Å². The molecule has 0 aliphatic heterocycles. The minimum Gasteiger partial charge on any atom is -0.361 e. The van der Waals surface area contributed by atoms with Gasteiger partial charge in [0.2, 0.25) is 5.91 Å². The van der Waals surface area contributed by atoms with E-state index in [2.05, 4.69) is 31.8 Å². The van der Waals surface area contributed by atoms with E-state index in [9.17, 15) is 4.79 Å². The van der Waals surface area contributed by atoms with Crippen LogP contribution in [0, 0.1) is 5.41 Å². The van der Waals surface area contributed by atoms with Crippen molar-refractivity contribution in [3.63, 3.8) is 0 Å². The van der Waals surface area contributed by atoms with E-state index in [1.54, 1.807) is 4.90 Å². The zero-order chi connectivity index (χ0) is 15.6. The van der Waals surface area contributed by atoms with Gasteiger partial charge in [0.25, 0.3) is 0 Å². The largest absolute Gasteiger partial charge is 0.361 e. The second kappa shape index (κ2) is 5.90. The lowest BCUT2D eigenvalue weighted by Crippen LogP contribution is -2.45. The second-order valence-electron chi connectivity index (χ2n) is 6.93. The molecule has 0 aliphatic rings. The molecule has 114 valence electrons. The highest BCUT2D eigenvalue weighted by atomic mass is 16.2. The highest BCUT2D eigenvalue weighted by molar-refractivity contribution is 5.86. The topological polar surface area (TPSA) is 62.1 Å². The van der Waals surface area contributed by atoms with Crippen LogP contribution >= 0.6 is 0 Å². The molecule has 1 heterocycles. The number of likely N-dealkylation sites (N-methyl/N-ethyl adjacent to an activating group) is 1. The number of H-pyrrole nitrogens is 1. The molecular weight excluding hydrogens is 262 g/mol. The second-order valence-corrected chi connectivity index (χ2v) is 6.93. The fourth-order valence-corrected chi connectivity index (χ4v) is 2.70. The molecule has 0 fully saturated rings. The Morgan fingerprint density at radius 3 is 2.67 bits per heavy atom. The number of nitrogens with zero attached hydrogens (tertiary/aromatic N) is 1. The molecule has 0 bridgehead atoms. The summed E-state index contributed by atoms with van der Waals surface area (Å²) in [6.07, 6.45) is 2.50. The highest BCUT2D eigenvalue weighted by Gasteiger charge is 2.23. The van der Waals surface area contributed by atoms with Crippen molar-refractivity contribution in [1.29, 1.82) is 0 Å². The summed E-state index contributed by atoms with van der Waals surface area (Å²) in [5.74, 6) is -0.00444. The van der Waals surface area contributed by atoms with Crippen molar-refractivity contribution < 1.29 is 4.79 Å². The summed E-state index contributed by atoms with van der Waals surface area (Å²) in [6.45, 7) is 7.04. The zero-order valence-electron chi connectivity index (χ0n) is 13.3. The van der Waals surface area contributed by atoms with E-state index < -0.39 is 6.04 Å². The van der Waals surface area contributed by atoms with Crippen LogP contribution < -0.4 is 5.73 Å². The Bertz CT molecular complexity index is 624. The van der Waals surface area contributed by atoms with Gasteiger partial charge in [0.1, 0.15) is 0 Å². The van der Waals surface area contributed by atoms with Gasteiger partial charge in [0.15, 0.2) is 0 Å². The fourth-order valence-electron chi connectivity index (χ4n) is 2.70. The Balaban J connectivity index is 2.07. The molecule has 0 unspecified atom stereocenters. The minimum absolute atomic E-state index is 0.00444. The van der Waals surface area contributed by atoms with E-state index >= 15 is 0 Å². The number of fused-ring (bicyclic) bond motifs is 1. The molecule has 1 atom stereocenters. The van der Waals surface area contributed by atoms with Crippen molar-refractivity contribution in [2.45, 2.75) is 33.2 Å².